The van der Waals surface area contributed by atoms with Gasteiger partial charge in [-0.3, -0.25) is 28.8 Å². The smallest absolute Gasteiger partial charge is 0.258 e. The monoisotopic (exact) mass is 1020 g/mol. The maximum Gasteiger partial charge on any atom is 0.258 e. The van der Waals surface area contributed by atoms with Gasteiger partial charge in [-0.1, -0.05) is 105 Å². The van der Waals surface area contributed by atoms with Gasteiger partial charge in [0.1, 0.15) is 11.4 Å². The van der Waals surface area contributed by atoms with E-state index in [0.29, 0.717) is 11.1 Å². The molecule has 0 fully saturated rings. The maximum absolute atomic E-state index is 13.4. The number of amides is 4. The van der Waals surface area contributed by atoms with E-state index < -0.39 is 47.3 Å². The van der Waals surface area contributed by atoms with Crippen LogP contribution in [0.15, 0.2) is 93.3 Å². The lowest BCUT2D eigenvalue weighted by atomic mass is 10.1. The normalized spacial score (nSPS) is 12.2. The number of nitrogens with one attached hydrogen (secondary N) is 4. The number of hydrogen-bond donors (Lipinski definition) is 4. The molecule has 0 aliphatic carbocycles. The topological polar surface area (TPSA) is 200 Å². The number of aryl methyl sites for hydroxylation is 2. The lowest BCUT2D eigenvalue weighted by Gasteiger charge is -2.16. The summed E-state index contributed by atoms with van der Waals surface area (Å²) in [6.45, 7) is 5.53. The van der Waals surface area contributed by atoms with E-state index in [2.05, 4.69) is 41.7 Å². The Morgan fingerprint density at radius 3 is 1.16 bits per heavy atom. The number of anilines is 4. The average Bonchev–Trinajstić information content (AvgIpc) is 3.23. The van der Waals surface area contributed by atoms with Crippen LogP contribution in [0.1, 0.15) is 45.7 Å². The SMILES string of the molecule is CC(=O)C(N=Nc1cccc(C(=O)Nc2c(Cl)ccc(Cl)c2Cl)c1Cl)C(=O)Nc1cc(C)c(NC(=O)C(N=Nc2cccc(C(=O)Nc3c(Cl)ccc(Cl)c3Cl)c2Cl)C(C)=O)cc1C. The highest BCUT2D eigenvalue weighted by atomic mass is 35.5. The molecule has 2 atom stereocenters. The second-order valence-corrected chi connectivity index (χ2v) is 16.7. The maximum atomic E-state index is 13.4. The van der Waals surface area contributed by atoms with Crippen molar-refractivity contribution >= 4 is 162 Å². The third-order valence-electron chi connectivity index (χ3n) is 8.93. The number of carbonyl (C=O) groups is 6. The second-order valence-electron chi connectivity index (χ2n) is 13.5. The first-order valence-corrected chi connectivity index (χ1v) is 21.2. The van der Waals surface area contributed by atoms with Crippen molar-refractivity contribution in [3.63, 3.8) is 0 Å². The molecular weight excluding hydrogens is 996 g/mol. The minimum absolute atomic E-state index is 0.0138. The number of ketones is 2. The van der Waals surface area contributed by atoms with Crippen molar-refractivity contribution in [2.75, 3.05) is 21.3 Å². The Morgan fingerprint density at radius 2 is 0.812 bits per heavy atom. The number of nitrogens with zero attached hydrogens (tertiary/aromatic N) is 4. The molecule has 330 valence electrons. The van der Waals surface area contributed by atoms with E-state index in [1.807, 2.05) is 0 Å². The molecule has 0 spiro atoms. The molecule has 2 unspecified atom stereocenters. The molecule has 5 aromatic rings. The molecule has 0 heterocycles. The number of carbonyl (C=O) groups excluding carboxylic acids is 6. The number of hydrogen-bond acceptors (Lipinski definition) is 10. The molecule has 0 bridgehead atoms. The van der Waals surface area contributed by atoms with E-state index in [1.165, 1.54) is 72.8 Å². The first-order chi connectivity index (χ1) is 30.2. The highest BCUT2D eigenvalue weighted by Gasteiger charge is 2.27. The number of azo groups is 2. The van der Waals surface area contributed by atoms with Crippen LogP contribution in [0.5, 0.6) is 0 Å². The fourth-order valence-electron chi connectivity index (χ4n) is 5.55. The van der Waals surface area contributed by atoms with Crippen LogP contribution in [0.3, 0.4) is 0 Å². The average molecular weight is 1030 g/mol. The minimum atomic E-state index is -1.64. The lowest BCUT2D eigenvalue weighted by molar-refractivity contribution is -0.127. The first-order valence-electron chi connectivity index (χ1n) is 18.2. The van der Waals surface area contributed by atoms with Crippen LogP contribution >= 0.6 is 92.8 Å². The molecule has 4 amide bonds. The third kappa shape index (κ3) is 11.7. The summed E-state index contributed by atoms with van der Waals surface area (Å²) in [5.41, 5.74) is 1.37. The van der Waals surface area contributed by atoms with Crippen LogP contribution in [-0.4, -0.2) is 47.3 Å². The van der Waals surface area contributed by atoms with Crippen molar-refractivity contribution in [2.45, 2.75) is 39.8 Å². The molecule has 22 heteroatoms. The second kappa shape index (κ2) is 21.7. The quantitative estimate of drug-likeness (QED) is 0.0484. The Morgan fingerprint density at radius 1 is 0.469 bits per heavy atom. The van der Waals surface area contributed by atoms with Crippen LogP contribution in [0.25, 0.3) is 0 Å². The van der Waals surface area contributed by atoms with Crippen molar-refractivity contribution in [3.8, 4) is 0 Å². The molecule has 0 aromatic heterocycles. The van der Waals surface area contributed by atoms with Gasteiger partial charge in [0.2, 0.25) is 12.1 Å². The van der Waals surface area contributed by atoms with Gasteiger partial charge in [-0.25, -0.2) is 0 Å². The van der Waals surface area contributed by atoms with Gasteiger partial charge in [0.05, 0.1) is 62.7 Å². The van der Waals surface area contributed by atoms with Crippen LogP contribution in [0, 0.1) is 13.8 Å². The van der Waals surface area contributed by atoms with E-state index in [9.17, 15) is 28.8 Å². The standard InChI is InChI=1S/C42H30Cl8N8O6/c1-17-15-30(52-42(64)36(20(4)60)58-56-28-10-6-8-22(32(28)48)40(62)54-38-26(46)14-12-24(44)34(38)50)18(2)16-29(17)51-41(63)35(19(3)59)57-55-27-9-5-7-21(31(27)47)39(61)53-37-25(45)13-11-23(43)33(37)49/h5-16,35-36H,1-4H3,(H,51,63)(H,52,64)(H,53,61)(H,54,62). The number of rotatable bonds is 14. The Balaban J connectivity index is 1.28. The molecule has 4 N–H and O–H groups in total. The van der Waals surface area contributed by atoms with Crippen LogP contribution in [-0.2, 0) is 19.2 Å². The van der Waals surface area contributed by atoms with Gasteiger partial charge < -0.3 is 21.3 Å². The van der Waals surface area contributed by atoms with Gasteiger partial charge in [-0.2, -0.15) is 20.5 Å². The Kier molecular flexibility index (Phi) is 16.9. The van der Waals surface area contributed by atoms with Crippen LogP contribution < -0.4 is 21.3 Å². The molecule has 0 aliphatic heterocycles. The van der Waals surface area contributed by atoms with E-state index in [4.69, 9.17) is 92.8 Å². The largest absolute Gasteiger partial charge is 0.324 e. The summed E-state index contributed by atoms with van der Waals surface area (Å²) in [5, 5.41) is 26.6. The van der Waals surface area contributed by atoms with Gasteiger partial charge in [0.25, 0.3) is 23.6 Å². The molecular formula is C42H30Cl8N8O6. The zero-order chi connectivity index (χ0) is 47.2. The molecule has 64 heavy (non-hydrogen) atoms. The van der Waals surface area contributed by atoms with Gasteiger partial charge in [-0.15, -0.1) is 0 Å². The van der Waals surface area contributed by atoms with Crippen molar-refractivity contribution < 1.29 is 28.8 Å². The molecule has 0 radical (unpaired) electrons. The number of benzene rings is 5. The Bertz CT molecular complexity index is 2630. The predicted octanol–water partition coefficient (Wildman–Crippen LogP) is 13.4. The fourth-order valence-corrected chi connectivity index (χ4v) is 7.30. The van der Waals surface area contributed by atoms with Gasteiger partial charge in [-0.05, 0) is 99.5 Å². The lowest BCUT2D eigenvalue weighted by Crippen LogP contribution is -2.32. The summed E-state index contributed by atoms with van der Waals surface area (Å²) in [5.74, 6) is -4.43. The fraction of sp³-hybridized carbons (Fsp3) is 0.143. The summed E-state index contributed by atoms with van der Waals surface area (Å²) >= 11 is 49.9. The third-order valence-corrected chi connectivity index (χ3v) is 12.0. The molecule has 0 saturated heterocycles. The number of halogens is 8. The zero-order valence-corrected chi connectivity index (χ0v) is 39.4. The summed E-state index contributed by atoms with van der Waals surface area (Å²) in [7, 11) is 0. The molecule has 5 rings (SSSR count). The Labute approximate surface area is 405 Å². The van der Waals surface area contributed by atoms with Crippen molar-refractivity contribution in [3.05, 3.63) is 135 Å². The zero-order valence-electron chi connectivity index (χ0n) is 33.3. The summed E-state index contributed by atoms with van der Waals surface area (Å²) in [6, 6.07) is 14.2. The minimum Gasteiger partial charge on any atom is -0.324 e. The molecule has 5 aromatic carbocycles. The van der Waals surface area contributed by atoms with Crippen molar-refractivity contribution in [2.24, 2.45) is 20.5 Å². The van der Waals surface area contributed by atoms with E-state index in [-0.39, 0.29) is 85.4 Å². The van der Waals surface area contributed by atoms with Gasteiger partial charge in [0.15, 0.2) is 11.6 Å². The number of Topliss-reactive ketones (excluding diaryl/α,β-unsaturated/α-hetero) is 2. The summed E-state index contributed by atoms with van der Waals surface area (Å²) in [4.78, 5) is 78.4. The molecule has 0 saturated carbocycles. The van der Waals surface area contributed by atoms with E-state index in [0.717, 1.165) is 13.8 Å². The van der Waals surface area contributed by atoms with Gasteiger partial charge >= 0.3 is 0 Å². The highest BCUT2D eigenvalue weighted by Crippen LogP contribution is 2.39. The Hall–Kier alpha value is -5.16. The predicted molar refractivity (Wildman–Crippen MR) is 253 cm³/mol. The van der Waals surface area contributed by atoms with E-state index in [1.54, 1.807) is 13.8 Å². The summed E-state index contributed by atoms with van der Waals surface area (Å²) in [6.07, 6.45) is 0. The van der Waals surface area contributed by atoms with Crippen LogP contribution in [0.4, 0.5) is 34.1 Å². The molecule has 0 aliphatic rings. The van der Waals surface area contributed by atoms with Crippen molar-refractivity contribution in [1.29, 1.82) is 0 Å². The summed E-state index contributed by atoms with van der Waals surface area (Å²) < 4.78 is 0. The van der Waals surface area contributed by atoms with Crippen LogP contribution in [0.2, 0.25) is 40.2 Å². The molecule has 14 nitrogen and oxygen atoms in total. The van der Waals surface area contributed by atoms with Crippen molar-refractivity contribution in [1.82, 2.24) is 0 Å². The van der Waals surface area contributed by atoms with E-state index >= 15 is 0 Å². The van der Waals surface area contributed by atoms with Gasteiger partial charge in [0, 0.05) is 11.4 Å². The first kappa shape index (κ1) is 49.8. The highest BCUT2D eigenvalue weighted by molar-refractivity contribution is 6.48.